The van der Waals surface area contributed by atoms with Gasteiger partial charge in [0, 0.05) is 7.11 Å². The molecule has 0 spiro atoms. The monoisotopic (exact) mass is 263 g/mol. The van der Waals surface area contributed by atoms with Crippen molar-refractivity contribution in [1.82, 2.24) is 5.32 Å². The Bertz CT molecular complexity index is 387. The van der Waals surface area contributed by atoms with E-state index in [0.717, 1.165) is 6.54 Å². The minimum atomic E-state index is -0.223. The highest BCUT2D eigenvalue weighted by molar-refractivity contribution is 5.30. The van der Waals surface area contributed by atoms with Gasteiger partial charge in [0.1, 0.15) is 0 Å². The van der Waals surface area contributed by atoms with Crippen LogP contribution in [-0.4, -0.2) is 19.3 Å². The van der Waals surface area contributed by atoms with E-state index in [1.807, 2.05) is 0 Å². The molecule has 2 nitrogen and oxygen atoms in total. The van der Waals surface area contributed by atoms with Gasteiger partial charge in [-0.05, 0) is 36.9 Å². The van der Waals surface area contributed by atoms with Crippen molar-refractivity contribution in [3.63, 3.8) is 0 Å². The summed E-state index contributed by atoms with van der Waals surface area (Å²) < 4.78 is 5.64. The minimum absolute atomic E-state index is 0.197. The smallest absolute Gasteiger partial charge is 0.0816 e. The SMILES string of the molecule is CCNC(c1ccc(C(C)(C)C)cc1)C(C)(C)OC. The average Bonchev–Trinajstić information content (AvgIpc) is 2.35. The van der Waals surface area contributed by atoms with Gasteiger partial charge in [0.05, 0.1) is 11.6 Å². The molecule has 0 bridgehead atoms. The molecule has 0 aliphatic carbocycles. The summed E-state index contributed by atoms with van der Waals surface area (Å²) in [4.78, 5) is 0. The molecule has 1 atom stereocenters. The van der Waals surface area contributed by atoms with Crippen LogP contribution in [0.15, 0.2) is 24.3 Å². The van der Waals surface area contributed by atoms with Crippen LogP contribution in [0.2, 0.25) is 0 Å². The first kappa shape index (κ1) is 16.2. The molecular weight excluding hydrogens is 234 g/mol. The first-order valence-electron chi connectivity index (χ1n) is 7.11. The summed E-state index contributed by atoms with van der Waals surface area (Å²) in [6.45, 7) is 14.0. The van der Waals surface area contributed by atoms with Crippen LogP contribution >= 0.6 is 0 Å². The van der Waals surface area contributed by atoms with Crippen LogP contribution in [0.4, 0.5) is 0 Å². The molecule has 0 aromatic heterocycles. The lowest BCUT2D eigenvalue weighted by atomic mass is 9.84. The number of hydrogen-bond donors (Lipinski definition) is 1. The largest absolute Gasteiger partial charge is 0.377 e. The molecule has 0 heterocycles. The van der Waals surface area contributed by atoms with Gasteiger partial charge in [-0.15, -0.1) is 0 Å². The molecule has 0 aliphatic heterocycles. The molecule has 1 aromatic rings. The molecule has 1 aromatic carbocycles. The third kappa shape index (κ3) is 4.05. The van der Waals surface area contributed by atoms with E-state index in [1.165, 1.54) is 11.1 Å². The molecule has 19 heavy (non-hydrogen) atoms. The highest BCUT2D eigenvalue weighted by Gasteiger charge is 2.30. The van der Waals surface area contributed by atoms with E-state index in [4.69, 9.17) is 4.74 Å². The zero-order valence-corrected chi connectivity index (χ0v) is 13.5. The average molecular weight is 263 g/mol. The fourth-order valence-corrected chi connectivity index (χ4v) is 2.26. The molecule has 1 N–H and O–H groups in total. The van der Waals surface area contributed by atoms with Crippen molar-refractivity contribution in [2.75, 3.05) is 13.7 Å². The number of benzene rings is 1. The van der Waals surface area contributed by atoms with Gasteiger partial charge in [0.15, 0.2) is 0 Å². The van der Waals surface area contributed by atoms with Gasteiger partial charge in [-0.25, -0.2) is 0 Å². The van der Waals surface area contributed by atoms with Crippen LogP contribution in [0, 0.1) is 0 Å². The fourth-order valence-electron chi connectivity index (χ4n) is 2.26. The van der Waals surface area contributed by atoms with E-state index >= 15 is 0 Å². The van der Waals surface area contributed by atoms with Crippen molar-refractivity contribution < 1.29 is 4.74 Å². The second kappa shape index (κ2) is 6.06. The second-order valence-electron chi connectivity index (χ2n) is 6.67. The van der Waals surface area contributed by atoms with Crippen molar-refractivity contribution in [3.05, 3.63) is 35.4 Å². The summed E-state index contributed by atoms with van der Waals surface area (Å²) in [7, 11) is 1.77. The van der Waals surface area contributed by atoms with Crippen molar-refractivity contribution in [1.29, 1.82) is 0 Å². The molecule has 0 aliphatic rings. The number of ether oxygens (including phenoxy) is 1. The van der Waals surface area contributed by atoms with Crippen LogP contribution in [0.3, 0.4) is 0 Å². The Morgan fingerprint density at radius 2 is 1.58 bits per heavy atom. The van der Waals surface area contributed by atoms with Gasteiger partial charge in [-0.3, -0.25) is 0 Å². The van der Waals surface area contributed by atoms with Gasteiger partial charge in [-0.1, -0.05) is 52.0 Å². The second-order valence-corrected chi connectivity index (χ2v) is 6.67. The standard InChI is InChI=1S/C17H29NO/c1-8-18-15(17(5,6)19-7)13-9-11-14(12-10-13)16(2,3)4/h9-12,15,18H,8H2,1-7H3. The summed E-state index contributed by atoms with van der Waals surface area (Å²) in [5.74, 6) is 0. The van der Waals surface area contributed by atoms with E-state index in [-0.39, 0.29) is 17.1 Å². The highest BCUT2D eigenvalue weighted by Crippen LogP contribution is 2.30. The maximum atomic E-state index is 5.64. The van der Waals surface area contributed by atoms with Crippen LogP contribution < -0.4 is 5.32 Å². The third-order valence-corrected chi connectivity index (χ3v) is 3.74. The van der Waals surface area contributed by atoms with Gasteiger partial charge in [-0.2, -0.15) is 0 Å². The Balaban J connectivity index is 3.05. The van der Waals surface area contributed by atoms with E-state index in [0.29, 0.717) is 0 Å². The van der Waals surface area contributed by atoms with Gasteiger partial charge >= 0.3 is 0 Å². The van der Waals surface area contributed by atoms with E-state index in [1.54, 1.807) is 7.11 Å². The molecule has 108 valence electrons. The van der Waals surface area contributed by atoms with Crippen molar-refractivity contribution >= 4 is 0 Å². The van der Waals surface area contributed by atoms with E-state index < -0.39 is 0 Å². The maximum absolute atomic E-state index is 5.64. The predicted molar refractivity (Wildman–Crippen MR) is 82.6 cm³/mol. The number of methoxy groups -OCH3 is 1. The van der Waals surface area contributed by atoms with Gasteiger partial charge < -0.3 is 10.1 Å². The summed E-state index contributed by atoms with van der Waals surface area (Å²) in [6, 6.07) is 9.09. The van der Waals surface area contributed by atoms with Crippen molar-refractivity contribution in [3.8, 4) is 0 Å². The number of likely N-dealkylation sites (N-methyl/N-ethyl adjacent to an activating group) is 1. The Labute approximate surface area is 118 Å². The quantitative estimate of drug-likeness (QED) is 0.865. The Morgan fingerprint density at radius 3 is 1.95 bits per heavy atom. The maximum Gasteiger partial charge on any atom is 0.0816 e. The third-order valence-electron chi connectivity index (χ3n) is 3.74. The lowest BCUT2D eigenvalue weighted by Gasteiger charge is -2.34. The predicted octanol–water partition coefficient (Wildman–Crippen LogP) is 4.06. The molecular formula is C17H29NO. The van der Waals surface area contributed by atoms with E-state index in [2.05, 4.69) is 71.1 Å². The Kier molecular flexibility index (Phi) is 5.17. The number of hydrogen-bond acceptors (Lipinski definition) is 2. The summed E-state index contributed by atoms with van der Waals surface area (Å²) in [5, 5.41) is 3.52. The van der Waals surface area contributed by atoms with Crippen molar-refractivity contribution in [2.24, 2.45) is 0 Å². The lowest BCUT2D eigenvalue weighted by Crippen LogP contribution is -2.40. The highest BCUT2D eigenvalue weighted by atomic mass is 16.5. The van der Waals surface area contributed by atoms with Gasteiger partial charge in [0.2, 0.25) is 0 Å². The first-order chi connectivity index (χ1) is 8.72. The molecule has 1 rings (SSSR count). The normalized spacial score (nSPS) is 14.5. The zero-order chi connectivity index (χ0) is 14.7. The number of rotatable bonds is 5. The van der Waals surface area contributed by atoms with Crippen LogP contribution in [0.1, 0.15) is 58.7 Å². The molecule has 2 heteroatoms. The number of nitrogens with one attached hydrogen (secondary N) is 1. The van der Waals surface area contributed by atoms with Gasteiger partial charge in [0.25, 0.3) is 0 Å². The van der Waals surface area contributed by atoms with E-state index in [9.17, 15) is 0 Å². The molecule has 0 saturated carbocycles. The summed E-state index contributed by atoms with van der Waals surface area (Å²) >= 11 is 0. The molecule has 1 unspecified atom stereocenters. The molecule has 0 saturated heterocycles. The Hall–Kier alpha value is -0.860. The first-order valence-corrected chi connectivity index (χ1v) is 7.11. The summed E-state index contributed by atoms with van der Waals surface area (Å²) in [5.41, 5.74) is 2.62. The van der Waals surface area contributed by atoms with Crippen molar-refractivity contribution in [2.45, 2.75) is 58.6 Å². The summed E-state index contributed by atoms with van der Waals surface area (Å²) in [6.07, 6.45) is 0. The Morgan fingerprint density at radius 1 is 1.05 bits per heavy atom. The molecule has 0 radical (unpaired) electrons. The van der Waals surface area contributed by atoms with Crippen LogP contribution in [0.5, 0.6) is 0 Å². The fraction of sp³-hybridized carbons (Fsp3) is 0.647. The topological polar surface area (TPSA) is 21.3 Å². The lowest BCUT2D eigenvalue weighted by molar-refractivity contribution is -0.0107. The minimum Gasteiger partial charge on any atom is -0.377 e. The molecule has 0 fully saturated rings. The molecule has 0 amide bonds. The van der Waals surface area contributed by atoms with Crippen LogP contribution in [0.25, 0.3) is 0 Å². The van der Waals surface area contributed by atoms with Crippen LogP contribution in [-0.2, 0) is 10.2 Å². The zero-order valence-electron chi connectivity index (χ0n) is 13.5.